The first-order chi connectivity index (χ1) is 9.29. The van der Waals surface area contributed by atoms with Crippen molar-refractivity contribution in [3.8, 4) is 0 Å². The average Bonchev–Trinajstić information content (AvgIpc) is 2.66. The number of benzene rings is 1. The summed E-state index contributed by atoms with van der Waals surface area (Å²) in [4.78, 5) is 16.7. The van der Waals surface area contributed by atoms with Gasteiger partial charge in [-0.15, -0.1) is 0 Å². The second-order valence-electron chi connectivity index (χ2n) is 4.93. The van der Waals surface area contributed by atoms with Gasteiger partial charge in [-0.25, -0.2) is 0 Å². The number of halogens is 1. The highest BCUT2D eigenvalue weighted by molar-refractivity contribution is 9.09. The largest absolute Gasteiger partial charge is 0.341 e. The monoisotopic (exact) mass is 324 g/mol. The van der Waals surface area contributed by atoms with Gasteiger partial charge in [0.15, 0.2) is 0 Å². The first-order valence-corrected chi connectivity index (χ1v) is 8.02. The van der Waals surface area contributed by atoms with Gasteiger partial charge in [0, 0.05) is 31.5 Å². The molecule has 0 unspecified atom stereocenters. The molecule has 1 saturated heterocycles. The molecule has 4 heteroatoms. The van der Waals surface area contributed by atoms with E-state index in [9.17, 15) is 4.79 Å². The fourth-order valence-electron chi connectivity index (χ4n) is 2.45. The van der Waals surface area contributed by atoms with Gasteiger partial charge in [-0.2, -0.15) is 0 Å². The van der Waals surface area contributed by atoms with E-state index in [4.69, 9.17) is 0 Å². The molecule has 104 valence electrons. The van der Waals surface area contributed by atoms with Crippen LogP contribution < -0.4 is 0 Å². The molecule has 0 atom stereocenters. The standard InChI is InChI=1S/C15H21BrN2O/c16-7-10-17-8-4-9-18(12-11-17)15(19)13-14-5-2-1-3-6-14/h1-3,5-6H,4,7-13H2. The lowest BCUT2D eigenvalue weighted by atomic mass is 10.1. The third-order valence-electron chi connectivity index (χ3n) is 3.54. The van der Waals surface area contributed by atoms with Crippen LogP contribution in [0, 0.1) is 0 Å². The molecule has 19 heavy (non-hydrogen) atoms. The van der Waals surface area contributed by atoms with E-state index in [2.05, 4.69) is 20.8 Å². The second-order valence-corrected chi connectivity index (χ2v) is 5.72. The summed E-state index contributed by atoms with van der Waals surface area (Å²) in [6, 6.07) is 10.0. The maximum Gasteiger partial charge on any atom is 0.227 e. The van der Waals surface area contributed by atoms with Crippen molar-refractivity contribution in [2.24, 2.45) is 0 Å². The molecule has 0 aromatic heterocycles. The summed E-state index contributed by atoms with van der Waals surface area (Å²) in [5.74, 6) is 0.256. The van der Waals surface area contributed by atoms with E-state index in [-0.39, 0.29) is 5.91 Å². The molecule has 3 nitrogen and oxygen atoms in total. The molecule has 1 heterocycles. The zero-order valence-electron chi connectivity index (χ0n) is 11.2. The van der Waals surface area contributed by atoms with Crippen LogP contribution in [0.1, 0.15) is 12.0 Å². The fraction of sp³-hybridized carbons (Fsp3) is 0.533. The molecule has 1 aliphatic heterocycles. The highest BCUT2D eigenvalue weighted by atomic mass is 79.9. The van der Waals surface area contributed by atoms with Crippen molar-refractivity contribution in [1.82, 2.24) is 9.80 Å². The fourth-order valence-corrected chi connectivity index (χ4v) is 2.95. The summed E-state index contributed by atoms with van der Waals surface area (Å²) in [5.41, 5.74) is 1.11. The molecule has 1 aromatic rings. The Kier molecular flexibility index (Phi) is 5.86. The molecule has 2 rings (SSSR count). The van der Waals surface area contributed by atoms with E-state index in [1.807, 2.05) is 35.2 Å². The molecule has 0 spiro atoms. The topological polar surface area (TPSA) is 23.6 Å². The molecule has 1 aliphatic rings. The Bertz CT molecular complexity index is 396. The lowest BCUT2D eigenvalue weighted by molar-refractivity contribution is -0.130. The first-order valence-electron chi connectivity index (χ1n) is 6.89. The van der Waals surface area contributed by atoms with Gasteiger partial charge < -0.3 is 9.80 Å². The minimum Gasteiger partial charge on any atom is -0.341 e. The van der Waals surface area contributed by atoms with Gasteiger partial charge in [0.25, 0.3) is 0 Å². The van der Waals surface area contributed by atoms with Crippen molar-refractivity contribution in [3.05, 3.63) is 35.9 Å². The van der Waals surface area contributed by atoms with Crippen LogP contribution in [0.25, 0.3) is 0 Å². The summed E-state index contributed by atoms with van der Waals surface area (Å²) >= 11 is 3.48. The van der Waals surface area contributed by atoms with Crippen molar-refractivity contribution in [3.63, 3.8) is 0 Å². The normalized spacial score (nSPS) is 17.2. The lowest BCUT2D eigenvalue weighted by Gasteiger charge is -2.21. The summed E-state index contributed by atoms with van der Waals surface area (Å²) in [6.45, 7) is 4.91. The van der Waals surface area contributed by atoms with Crippen molar-refractivity contribution in [1.29, 1.82) is 0 Å². The SMILES string of the molecule is O=C(Cc1ccccc1)N1CCCN(CCBr)CC1. The Morgan fingerprint density at radius 1 is 1.11 bits per heavy atom. The minimum atomic E-state index is 0.256. The number of carbonyl (C=O) groups excluding carboxylic acids is 1. The van der Waals surface area contributed by atoms with Crippen molar-refractivity contribution in [2.45, 2.75) is 12.8 Å². The summed E-state index contributed by atoms with van der Waals surface area (Å²) in [6.07, 6.45) is 1.60. The molecule has 0 radical (unpaired) electrons. The number of nitrogens with zero attached hydrogens (tertiary/aromatic N) is 2. The Morgan fingerprint density at radius 2 is 1.89 bits per heavy atom. The predicted octanol–water partition coefficient (Wildman–Crippen LogP) is 2.16. The smallest absolute Gasteiger partial charge is 0.227 e. The van der Waals surface area contributed by atoms with Crippen molar-refractivity contribution in [2.75, 3.05) is 38.1 Å². The molecule has 0 bridgehead atoms. The average molecular weight is 325 g/mol. The van der Waals surface area contributed by atoms with Crippen LogP contribution in [0.15, 0.2) is 30.3 Å². The predicted molar refractivity (Wildman–Crippen MR) is 81.6 cm³/mol. The third-order valence-corrected chi connectivity index (χ3v) is 3.89. The molecule has 1 aromatic carbocycles. The van der Waals surface area contributed by atoms with E-state index in [1.165, 1.54) is 0 Å². The van der Waals surface area contributed by atoms with Gasteiger partial charge in [-0.3, -0.25) is 4.79 Å². The molecule has 1 amide bonds. The lowest BCUT2D eigenvalue weighted by Crippen LogP contribution is -2.36. The van der Waals surface area contributed by atoms with E-state index >= 15 is 0 Å². The Balaban J connectivity index is 1.86. The Hall–Kier alpha value is -0.870. The first kappa shape index (κ1) is 14.5. The van der Waals surface area contributed by atoms with E-state index in [0.29, 0.717) is 6.42 Å². The van der Waals surface area contributed by atoms with Crippen LogP contribution in [0.3, 0.4) is 0 Å². The Labute approximate surface area is 123 Å². The van der Waals surface area contributed by atoms with Crippen LogP contribution in [-0.2, 0) is 11.2 Å². The number of hydrogen-bond acceptors (Lipinski definition) is 2. The highest BCUT2D eigenvalue weighted by Crippen LogP contribution is 2.07. The van der Waals surface area contributed by atoms with Crippen molar-refractivity contribution < 1.29 is 4.79 Å². The number of hydrogen-bond donors (Lipinski definition) is 0. The minimum absolute atomic E-state index is 0.256. The Morgan fingerprint density at radius 3 is 2.63 bits per heavy atom. The highest BCUT2D eigenvalue weighted by Gasteiger charge is 2.18. The number of amides is 1. The maximum absolute atomic E-state index is 12.3. The number of rotatable bonds is 4. The van der Waals surface area contributed by atoms with Gasteiger partial charge in [-0.1, -0.05) is 46.3 Å². The van der Waals surface area contributed by atoms with Crippen LogP contribution in [0.2, 0.25) is 0 Å². The molecule has 0 N–H and O–H groups in total. The van der Waals surface area contributed by atoms with Crippen molar-refractivity contribution >= 4 is 21.8 Å². The zero-order valence-corrected chi connectivity index (χ0v) is 12.8. The summed E-state index contributed by atoms with van der Waals surface area (Å²) in [7, 11) is 0. The number of carbonyl (C=O) groups is 1. The maximum atomic E-state index is 12.3. The number of alkyl halides is 1. The quantitative estimate of drug-likeness (QED) is 0.792. The van der Waals surface area contributed by atoms with Gasteiger partial charge in [0.05, 0.1) is 6.42 Å². The third kappa shape index (κ3) is 4.62. The van der Waals surface area contributed by atoms with Gasteiger partial charge in [-0.05, 0) is 18.5 Å². The van der Waals surface area contributed by atoms with Gasteiger partial charge >= 0.3 is 0 Å². The van der Waals surface area contributed by atoms with Crippen LogP contribution >= 0.6 is 15.9 Å². The van der Waals surface area contributed by atoms with Crippen LogP contribution in [-0.4, -0.2) is 53.8 Å². The molecule has 0 saturated carbocycles. The van der Waals surface area contributed by atoms with Gasteiger partial charge in [0.2, 0.25) is 5.91 Å². The van der Waals surface area contributed by atoms with E-state index < -0.39 is 0 Å². The molecule has 1 fully saturated rings. The van der Waals surface area contributed by atoms with Gasteiger partial charge in [0.1, 0.15) is 0 Å². The molecule has 0 aliphatic carbocycles. The summed E-state index contributed by atoms with van der Waals surface area (Å²) < 4.78 is 0. The van der Waals surface area contributed by atoms with E-state index in [0.717, 1.165) is 50.0 Å². The second kappa shape index (κ2) is 7.65. The molecular weight excluding hydrogens is 304 g/mol. The zero-order chi connectivity index (χ0) is 13.5. The molecular formula is C15H21BrN2O. The van der Waals surface area contributed by atoms with Crippen LogP contribution in [0.4, 0.5) is 0 Å². The summed E-state index contributed by atoms with van der Waals surface area (Å²) in [5, 5.41) is 1.00. The van der Waals surface area contributed by atoms with E-state index in [1.54, 1.807) is 0 Å². The van der Waals surface area contributed by atoms with Crippen LogP contribution in [0.5, 0.6) is 0 Å².